The molecule has 0 unspecified atom stereocenters. The van der Waals surface area contributed by atoms with Crippen LogP contribution in [0.4, 0.5) is 0 Å². The third-order valence-corrected chi connectivity index (χ3v) is 3.41. The van der Waals surface area contributed by atoms with Crippen LogP contribution in [0.3, 0.4) is 0 Å². The summed E-state index contributed by atoms with van der Waals surface area (Å²) in [5.41, 5.74) is 7.95. The second-order valence-electron chi connectivity index (χ2n) is 4.97. The fraction of sp³-hybridized carbons (Fsp3) is 0.625. The van der Waals surface area contributed by atoms with Crippen molar-refractivity contribution in [3.05, 3.63) is 29.3 Å². The van der Waals surface area contributed by atoms with E-state index in [0.717, 1.165) is 50.6 Å². The molecule has 0 aliphatic heterocycles. The van der Waals surface area contributed by atoms with Gasteiger partial charge in [-0.05, 0) is 18.1 Å². The first-order valence-electron chi connectivity index (χ1n) is 7.31. The van der Waals surface area contributed by atoms with Crippen LogP contribution < -0.4 is 10.5 Å². The van der Waals surface area contributed by atoms with Crippen LogP contribution in [0.2, 0.25) is 0 Å². The van der Waals surface area contributed by atoms with Gasteiger partial charge in [0, 0.05) is 52.6 Å². The summed E-state index contributed by atoms with van der Waals surface area (Å²) in [4.78, 5) is 2.36. The fourth-order valence-electron chi connectivity index (χ4n) is 2.24. The molecule has 0 spiro atoms. The standard InChI is InChI=1S/C16H28N2O3/c1-19-9-4-7-18(8-10-20-2)13-14-5-6-15(12-17)16(11-14)21-3/h5-6,11H,4,7-10,12-13,17H2,1-3H3. The van der Waals surface area contributed by atoms with Gasteiger partial charge in [-0.15, -0.1) is 0 Å². The first-order chi connectivity index (χ1) is 10.2. The molecule has 0 saturated heterocycles. The molecule has 5 heteroatoms. The average molecular weight is 296 g/mol. The maximum Gasteiger partial charge on any atom is 0.123 e. The average Bonchev–Trinajstić information content (AvgIpc) is 2.52. The van der Waals surface area contributed by atoms with E-state index >= 15 is 0 Å². The Hall–Kier alpha value is -1.14. The minimum Gasteiger partial charge on any atom is -0.496 e. The molecular weight excluding hydrogens is 268 g/mol. The molecule has 0 radical (unpaired) electrons. The Morgan fingerprint density at radius 1 is 1.05 bits per heavy atom. The van der Waals surface area contributed by atoms with E-state index in [1.807, 2.05) is 6.07 Å². The zero-order chi connectivity index (χ0) is 15.5. The number of rotatable bonds is 11. The van der Waals surface area contributed by atoms with Gasteiger partial charge in [-0.1, -0.05) is 12.1 Å². The molecule has 0 fully saturated rings. The smallest absolute Gasteiger partial charge is 0.123 e. The van der Waals surface area contributed by atoms with Crippen LogP contribution in [0.5, 0.6) is 5.75 Å². The molecular formula is C16H28N2O3. The van der Waals surface area contributed by atoms with Crippen molar-refractivity contribution in [3.63, 3.8) is 0 Å². The Bertz CT molecular complexity index is 399. The Labute approximate surface area is 128 Å². The van der Waals surface area contributed by atoms with Crippen molar-refractivity contribution in [1.29, 1.82) is 0 Å². The van der Waals surface area contributed by atoms with Crippen molar-refractivity contribution in [3.8, 4) is 5.75 Å². The molecule has 0 aliphatic rings. The molecule has 0 amide bonds. The summed E-state index contributed by atoms with van der Waals surface area (Å²) in [5.74, 6) is 0.860. The Morgan fingerprint density at radius 2 is 1.81 bits per heavy atom. The Kier molecular flexibility index (Phi) is 9.01. The molecule has 0 atom stereocenters. The summed E-state index contributed by atoms with van der Waals surface area (Å²) in [6.07, 6.45) is 1.01. The molecule has 1 rings (SSSR count). The quantitative estimate of drug-likeness (QED) is 0.629. The van der Waals surface area contributed by atoms with Gasteiger partial charge in [0.15, 0.2) is 0 Å². The van der Waals surface area contributed by atoms with E-state index in [-0.39, 0.29) is 0 Å². The second kappa shape index (κ2) is 10.6. The van der Waals surface area contributed by atoms with Crippen molar-refractivity contribution in [2.75, 3.05) is 47.6 Å². The molecule has 1 aromatic rings. The van der Waals surface area contributed by atoms with E-state index in [2.05, 4.69) is 17.0 Å². The number of hydrogen-bond donors (Lipinski definition) is 1. The lowest BCUT2D eigenvalue weighted by Crippen LogP contribution is -2.28. The lowest BCUT2D eigenvalue weighted by molar-refractivity contribution is 0.129. The van der Waals surface area contributed by atoms with Gasteiger partial charge in [0.05, 0.1) is 13.7 Å². The maximum atomic E-state index is 5.70. The van der Waals surface area contributed by atoms with Crippen LogP contribution in [0, 0.1) is 0 Å². The molecule has 0 bridgehead atoms. The monoisotopic (exact) mass is 296 g/mol. The molecule has 0 heterocycles. The van der Waals surface area contributed by atoms with E-state index in [1.54, 1.807) is 21.3 Å². The van der Waals surface area contributed by atoms with Gasteiger partial charge < -0.3 is 19.9 Å². The van der Waals surface area contributed by atoms with Crippen LogP contribution in [0.25, 0.3) is 0 Å². The first-order valence-corrected chi connectivity index (χ1v) is 7.31. The van der Waals surface area contributed by atoms with E-state index in [0.29, 0.717) is 6.54 Å². The molecule has 21 heavy (non-hydrogen) atoms. The number of methoxy groups -OCH3 is 3. The summed E-state index contributed by atoms with van der Waals surface area (Å²) < 4.78 is 15.7. The molecule has 5 nitrogen and oxygen atoms in total. The van der Waals surface area contributed by atoms with E-state index in [9.17, 15) is 0 Å². The zero-order valence-corrected chi connectivity index (χ0v) is 13.4. The van der Waals surface area contributed by atoms with Gasteiger partial charge in [0.2, 0.25) is 0 Å². The van der Waals surface area contributed by atoms with Gasteiger partial charge in [-0.3, -0.25) is 4.90 Å². The van der Waals surface area contributed by atoms with Crippen molar-refractivity contribution in [1.82, 2.24) is 4.90 Å². The fourth-order valence-corrected chi connectivity index (χ4v) is 2.24. The van der Waals surface area contributed by atoms with Crippen LogP contribution in [0.15, 0.2) is 18.2 Å². The summed E-state index contributed by atoms with van der Waals surface area (Å²) in [6, 6.07) is 6.22. The topological polar surface area (TPSA) is 57.0 Å². The van der Waals surface area contributed by atoms with Crippen LogP contribution in [-0.4, -0.2) is 52.5 Å². The van der Waals surface area contributed by atoms with Crippen LogP contribution in [0.1, 0.15) is 17.5 Å². The molecule has 2 N–H and O–H groups in total. The number of nitrogens with zero attached hydrogens (tertiary/aromatic N) is 1. The van der Waals surface area contributed by atoms with Crippen molar-refractivity contribution >= 4 is 0 Å². The molecule has 0 aromatic heterocycles. The highest BCUT2D eigenvalue weighted by molar-refractivity contribution is 5.37. The highest BCUT2D eigenvalue weighted by Gasteiger charge is 2.08. The summed E-state index contributed by atoms with van der Waals surface area (Å²) in [5, 5.41) is 0. The minimum absolute atomic E-state index is 0.491. The SMILES string of the molecule is COCCCN(CCOC)Cc1ccc(CN)c(OC)c1. The maximum absolute atomic E-state index is 5.70. The first kappa shape index (κ1) is 17.9. The van der Waals surface area contributed by atoms with Gasteiger partial charge in [-0.25, -0.2) is 0 Å². The summed E-state index contributed by atoms with van der Waals surface area (Å²) >= 11 is 0. The van der Waals surface area contributed by atoms with E-state index in [1.165, 1.54) is 5.56 Å². The highest BCUT2D eigenvalue weighted by Crippen LogP contribution is 2.20. The number of benzene rings is 1. The van der Waals surface area contributed by atoms with Crippen LogP contribution in [-0.2, 0) is 22.6 Å². The van der Waals surface area contributed by atoms with Gasteiger partial charge >= 0.3 is 0 Å². The largest absolute Gasteiger partial charge is 0.496 e. The van der Waals surface area contributed by atoms with E-state index < -0.39 is 0 Å². The van der Waals surface area contributed by atoms with Crippen molar-refractivity contribution < 1.29 is 14.2 Å². The third kappa shape index (κ3) is 6.44. The predicted molar refractivity (Wildman–Crippen MR) is 84.5 cm³/mol. The highest BCUT2D eigenvalue weighted by atomic mass is 16.5. The number of nitrogens with two attached hydrogens (primary N) is 1. The predicted octanol–water partition coefficient (Wildman–Crippen LogP) is 1.64. The van der Waals surface area contributed by atoms with E-state index in [4.69, 9.17) is 19.9 Å². The number of ether oxygens (including phenoxy) is 3. The third-order valence-electron chi connectivity index (χ3n) is 3.41. The second-order valence-corrected chi connectivity index (χ2v) is 4.97. The van der Waals surface area contributed by atoms with Gasteiger partial charge in [0.1, 0.15) is 5.75 Å². The normalized spacial score (nSPS) is 11.1. The minimum atomic E-state index is 0.491. The molecule has 0 aliphatic carbocycles. The van der Waals surface area contributed by atoms with Crippen molar-refractivity contribution in [2.45, 2.75) is 19.5 Å². The lowest BCUT2D eigenvalue weighted by Gasteiger charge is -2.22. The molecule has 0 saturated carbocycles. The van der Waals surface area contributed by atoms with Gasteiger partial charge in [0.25, 0.3) is 0 Å². The zero-order valence-electron chi connectivity index (χ0n) is 13.4. The molecule has 1 aromatic carbocycles. The molecule has 120 valence electrons. The van der Waals surface area contributed by atoms with Gasteiger partial charge in [-0.2, -0.15) is 0 Å². The van der Waals surface area contributed by atoms with Crippen LogP contribution >= 0.6 is 0 Å². The summed E-state index contributed by atoms with van der Waals surface area (Å²) in [7, 11) is 5.14. The Morgan fingerprint density at radius 3 is 2.43 bits per heavy atom. The number of hydrogen-bond acceptors (Lipinski definition) is 5. The lowest BCUT2D eigenvalue weighted by atomic mass is 10.1. The summed E-state index contributed by atoms with van der Waals surface area (Å²) in [6.45, 7) is 4.75. The van der Waals surface area contributed by atoms with Crippen molar-refractivity contribution in [2.24, 2.45) is 5.73 Å². The Balaban J connectivity index is 2.67.